The number of hydrogen-bond donors (Lipinski definition) is 1. The van der Waals surface area contributed by atoms with Crippen molar-refractivity contribution in [3.63, 3.8) is 0 Å². The lowest BCUT2D eigenvalue weighted by atomic mass is 9.97. The maximum Gasteiger partial charge on any atom is 0.0413 e. The van der Waals surface area contributed by atoms with Gasteiger partial charge in [-0.3, -0.25) is 4.98 Å². The molecule has 0 amide bonds. The Morgan fingerprint density at radius 1 is 1.29 bits per heavy atom. The van der Waals surface area contributed by atoms with E-state index in [1.54, 1.807) is 0 Å². The lowest BCUT2D eigenvalue weighted by Crippen LogP contribution is -2.25. The summed E-state index contributed by atoms with van der Waals surface area (Å²) in [4.78, 5) is 4.45. The zero-order chi connectivity index (χ0) is 12.5. The molecule has 0 aliphatic carbocycles. The van der Waals surface area contributed by atoms with Crippen molar-refractivity contribution in [2.24, 2.45) is 5.92 Å². The van der Waals surface area contributed by atoms with Gasteiger partial charge in [0.1, 0.15) is 0 Å². The maximum atomic E-state index is 4.45. The summed E-state index contributed by atoms with van der Waals surface area (Å²) in [5.74, 6) is 0.709. The van der Waals surface area contributed by atoms with Gasteiger partial charge in [-0.1, -0.05) is 20.3 Å². The van der Waals surface area contributed by atoms with Crippen LogP contribution >= 0.6 is 15.9 Å². The molecule has 0 radical (unpaired) electrons. The van der Waals surface area contributed by atoms with Gasteiger partial charge in [-0.15, -0.1) is 0 Å². The highest BCUT2D eigenvalue weighted by molar-refractivity contribution is 9.10. The first kappa shape index (κ1) is 14.7. The van der Waals surface area contributed by atoms with Gasteiger partial charge >= 0.3 is 0 Å². The van der Waals surface area contributed by atoms with Gasteiger partial charge in [0, 0.05) is 16.4 Å². The largest absolute Gasteiger partial charge is 0.316 e. The van der Waals surface area contributed by atoms with Crippen LogP contribution in [0.3, 0.4) is 0 Å². The molecule has 0 saturated carbocycles. The Morgan fingerprint density at radius 3 is 2.71 bits per heavy atom. The molecule has 96 valence electrons. The smallest absolute Gasteiger partial charge is 0.0413 e. The molecule has 3 heteroatoms. The van der Waals surface area contributed by atoms with Crippen molar-refractivity contribution in [1.29, 1.82) is 0 Å². The molecule has 1 heterocycles. The molecular formula is C14H23BrN2. The Labute approximate surface area is 113 Å². The van der Waals surface area contributed by atoms with Crippen molar-refractivity contribution < 1.29 is 0 Å². The standard InChI is InChI=1S/C14H23BrN2/c1-3-5-12(10-16-8-4-2)9-14-7-6-13(15)11-17-14/h6-7,11-12,16H,3-5,8-10H2,1-2H3. The molecule has 0 aromatic carbocycles. The van der Waals surface area contributed by atoms with E-state index < -0.39 is 0 Å². The van der Waals surface area contributed by atoms with Crippen LogP contribution in [0.2, 0.25) is 0 Å². The summed E-state index contributed by atoms with van der Waals surface area (Å²) in [6.07, 6.45) is 6.69. The zero-order valence-electron chi connectivity index (χ0n) is 10.9. The molecule has 0 spiro atoms. The molecule has 0 saturated heterocycles. The van der Waals surface area contributed by atoms with E-state index in [0.717, 1.165) is 24.0 Å². The average molecular weight is 299 g/mol. The number of nitrogens with zero attached hydrogens (tertiary/aromatic N) is 1. The molecule has 1 aromatic heterocycles. The van der Waals surface area contributed by atoms with Crippen LogP contribution in [0.5, 0.6) is 0 Å². The molecule has 1 rings (SSSR count). The van der Waals surface area contributed by atoms with Crippen LogP contribution < -0.4 is 5.32 Å². The molecule has 17 heavy (non-hydrogen) atoms. The molecule has 1 unspecified atom stereocenters. The topological polar surface area (TPSA) is 24.9 Å². The molecule has 0 bridgehead atoms. The quantitative estimate of drug-likeness (QED) is 0.739. The summed E-state index contributed by atoms with van der Waals surface area (Å²) in [7, 11) is 0. The Morgan fingerprint density at radius 2 is 2.12 bits per heavy atom. The van der Waals surface area contributed by atoms with Gasteiger partial charge in [0.15, 0.2) is 0 Å². The Bertz CT molecular complexity index is 298. The van der Waals surface area contributed by atoms with Gasteiger partial charge in [0.25, 0.3) is 0 Å². The number of aromatic nitrogens is 1. The summed E-state index contributed by atoms with van der Waals surface area (Å²) >= 11 is 3.42. The first-order valence-corrected chi connectivity index (χ1v) is 7.36. The van der Waals surface area contributed by atoms with Crippen molar-refractivity contribution in [3.8, 4) is 0 Å². The average Bonchev–Trinajstić information content (AvgIpc) is 2.32. The first-order valence-electron chi connectivity index (χ1n) is 6.57. The maximum absolute atomic E-state index is 4.45. The Hall–Kier alpha value is -0.410. The summed E-state index contributed by atoms with van der Waals surface area (Å²) in [6.45, 7) is 6.69. The van der Waals surface area contributed by atoms with E-state index in [1.165, 1.54) is 25.0 Å². The SMILES string of the molecule is CCCNCC(CCC)Cc1ccc(Br)cn1. The van der Waals surface area contributed by atoms with Crippen molar-refractivity contribution in [1.82, 2.24) is 10.3 Å². The number of hydrogen-bond acceptors (Lipinski definition) is 2. The number of halogens is 1. The zero-order valence-corrected chi connectivity index (χ0v) is 12.5. The molecule has 2 nitrogen and oxygen atoms in total. The third-order valence-electron chi connectivity index (χ3n) is 2.84. The van der Waals surface area contributed by atoms with E-state index in [1.807, 2.05) is 6.20 Å². The fraction of sp³-hybridized carbons (Fsp3) is 0.643. The lowest BCUT2D eigenvalue weighted by Gasteiger charge is -2.16. The van der Waals surface area contributed by atoms with Crippen molar-refractivity contribution in [2.75, 3.05) is 13.1 Å². The van der Waals surface area contributed by atoms with Gasteiger partial charge in [-0.2, -0.15) is 0 Å². The fourth-order valence-electron chi connectivity index (χ4n) is 1.99. The van der Waals surface area contributed by atoms with Crippen molar-refractivity contribution in [3.05, 3.63) is 28.5 Å². The Balaban J connectivity index is 2.44. The predicted octanol–water partition coefficient (Wildman–Crippen LogP) is 3.80. The van der Waals surface area contributed by atoms with Crippen molar-refractivity contribution >= 4 is 15.9 Å². The van der Waals surface area contributed by atoms with Crippen molar-refractivity contribution in [2.45, 2.75) is 39.5 Å². The van der Waals surface area contributed by atoms with Gasteiger partial charge < -0.3 is 5.32 Å². The van der Waals surface area contributed by atoms with Gasteiger partial charge in [-0.05, 0) is 66.3 Å². The molecule has 1 atom stereocenters. The number of rotatable bonds is 8. The fourth-order valence-corrected chi connectivity index (χ4v) is 2.23. The van der Waals surface area contributed by atoms with Crippen LogP contribution in [0.15, 0.2) is 22.8 Å². The number of nitrogens with one attached hydrogen (secondary N) is 1. The third-order valence-corrected chi connectivity index (χ3v) is 3.31. The minimum atomic E-state index is 0.709. The van der Waals surface area contributed by atoms with E-state index in [2.05, 4.69) is 52.2 Å². The lowest BCUT2D eigenvalue weighted by molar-refractivity contribution is 0.435. The highest BCUT2D eigenvalue weighted by Gasteiger charge is 2.09. The molecule has 0 aliphatic heterocycles. The minimum Gasteiger partial charge on any atom is -0.316 e. The predicted molar refractivity (Wildman–Crippen MR) is 77.2 cm³/mol. The minimum absolute atomic E-state index is 0.709. The summed E-state index contributed by atoms with van der Waals surface area (Å²) in [6, 6.07) is 4.19. The normalized spacial score (nSPS) is 12.6. The molecule has 1 aromatic rings. The van der Waals surface area contributed by atoms with E-state index in [4.69, 9.17) is 0 Å². The molecular weight excluding hydrogens is 276 g/mol. The molecule has 0 aliphatic rings. The van der Waals surface area contributed by atoms with Crippen LogP contribution in [0.4, 0.5) is 0 Å². The second-order valence-electron chi connectivity index (χ2n) is 4.53. The monoisotopic (exact) mass is 298 g/mol. The van der Waals surface area contributed by atoms with E-state index in [-0.39, 0.29) is 0 Å². The first-order chi connectivity index (χ1) is 8.26. The van der Waals surface area contributed by atoms with Crippen LogP contribution in [-0.4, -0.2) is 18.1 Å². The van der Waals surface area contributed by atoms with Gasteiger partial charge in [0.2, 0.25) is 0 Å². The van der Waals surface area contributed by atoms with E-state index in [0.29, 0.717) is 5.92 Å². The van der Waals surface area contributed by atoms with Crippen LogP contribution in [0, 0.1) is 5.92 Å². The summed E-state index contributed by atoms with van der Waals surface area (Å²) in [5, 5.41) is 3.51. The summed E-state index contributed by atoms with van der Waals surface area (Å²) < 4.78 is 1.05. The third kappa shape index (κ3) is 6.18. The molecule has 0 fully saturated rings. The molecule has 1 N–H and O–H groups in total. The second kappa shape index (κ2) is 8.65. The summed E-state index contributed by atoms with van der Waals surface area (Å²) in [5.41, 5.74) is 1.20. The second-order valence-corrected chi connectivity index (χ2v) is 5.45. The number of pyridine rings is 1. The van der Waals surface area contributed by atoms with Gasteiger partial charge in [0.05, 0.1) is 0 Å². The highest BCUT2D eigenvalue weighted by atomic mass is 79.9. The van der Waals surface area contributed by atoms with Crippen LogP contribution in [-0.2, 0) is 6.42 Å². The van der Waals surface area contributed by atoms with E-state index in [9.17, 15) is 0 Å². The van der Waals surface area contributed by atoms with Crippen LogP contribution in [0.1, 0.15) is 38.8 Å². The highest BCUT2D eigenvalue weighted by Crippen LogP contribution is 2.14. The Kier molecular flexibility index (Phi) is 7.45. The van der Waals surface area contributed by atoms with E-state index >= 15 is 0 Å². The van der Waals surface area contributed by atoms with Gasteiger partial charge in [-0.25, -0.2) is 0 Å². The van der Waals surface area contributed by atoms with Crippen LogP contribution in [0.25, 0.3) is 0 Å².